The molecule has 2 aromatic carbocycles. The van der Waals surface area contributed by atoms with E-state index in [2.05, 4.69) is 4.99 Å². The topological polar surface area (TPSA) is 90.2 Å². The van der Waals surface area contributed by atoms with Gasteiger partial charge in [-0.1, -0.05) is 23.7 Å². The number of aromatic carboxylic acids is 1. The van der Waals surface area contributed by atoms with Gasteiger partial charge < -0.3 is 10.2 Å². The van der Waals surface area contributed by atoms with Gasteiger partial charge >= 0.3 is 5.97 Å². The Hall–Kier alpha value is -2.77. The van der Waals surface area contributed by atoms with E-state index in [0.29, 0.717) is 15.1 Å². The number of hydrogen-bond donors (Lipinski definition) is 2. The van der Waals surface area contributed by atoms with Gasteiger partial charge in [0.05, 0.1) is 16.2 Å². The fourth-order valence-corrected chi connectivity index (χ4v) is 3.47. The van der Waals surface area contributed by atoms with Crippen molar-refractivity contribution in [2.45, 2.75) is 0 Å². The zero-order chi connectivity index (χ0) is 18.8. The summed E-state index contributed by atoms with van der Waals surface area (Å²) < 4.78 is 0. The predicted octanol–water partition coefficient (Wildman–Crippen LogP) is 3.98. The number of amidine groups is 1. The summed E-state index contributed by atoms with van der Waals surface area (Å²) in [5.74, 6) is -1.63. The van der Waals surface area contributed by atoms with Crippen LogP contribution in [0.15, 0.2) is 52.4 Å². The highest BCUT2D eigenvalue weighted by molar-refractivity contribution is 8.18. The molecule has 132 valence electrons. The Balaban J connectivity index is 1.97. The first-order chi connectivity index (χ1) is 12.3. The third kappa shape index (κ3) is 3.74. The van der Waals surface area contributed by atoms with Gasteiger partial charge in [0, 0.05) is 12.1 Å². The van der Waals surface area contributed by atoms with Gasteiger partial charge in [-0.15, -0.1) is 0 Å². The largest absolute Gasteiger partial charge is 0.508 e. The highest BCUT2D eigenvalue weighted by atomic mass is 35.5. The summed E-state index contributed by atoms with van der Waals surface area (Å²) in [5, 5.41) is 19.6. The molecule has 8 heteroatoms. The number of likely N-dealkylation sites (N-methyl/N-ethyl adjacent to an activating group) is 1. The van der Waals surface area contributed by atoms with Crippen LogP contribution in [-0.2, 0) is 4.79 Å². The summed E-state index contributed by atoms with van der Waals surface area (Å²) in [6.07, 6.45) is 1.70. The molecule has 0 aromatic heterocycles. The molecule has 0 radical (unpaired) electrons. The molecule has 0 bridgehead atoms. The van der Waals surface area contributed by atoms with Crippen molar-refractivity contribution >= 4 is 52.2 Å². The van der Waals surface area contributed by atoms with Crippen molar-refractivity contribution in [1.29, 1.82) is 0 Å². The summed E-state index contributed by atoms with van der Waals surface area (Å²) in [7, 11) is 1.56. The van der Waals surface area contributed by atoms with Crippen molar-refractivity contribution < 1.29 is 19.8 Å². The van der Waals surface area contributed by atoms with Crippen molar-refractivity contribution in [3.63, 3.8) is 0 Å². The van der Waals surface area contributed by atoms with Crippen LogP contribution < -0.4 is 0 Å². The lowest BCUT2D eigenvalue weighted by atomic mass is 10.2. The van der Waals surface area contributed by atoms with Gasteiger partial charge in [0.2, 0.25) is 0 Å². The molecule has 1 aliphatic rings. The SMILES string of the molecule is CN1C(=O)/C(=C/c2cccc(Cl)c2)SC1=Nc1ccc(O)cc1C(=O)O. The number of aliphatic imine (C=N–C) groups is 1. The van der Waals surface area contributed by atoms with Crippen LogP contribution in [0.1, 0.15) is 15.9 Å². The van der Waals surface area contributed by atoms with Crippen LogP contribution in [0.2, 0.25) is 5.02 Å². The van der Waals surface area contributed by atoms with Crippen molar-refractivity contribution in [3.05, 3.63) is 63.5 Å². The van der Waals surface area contributed by atoms with Crippen molar-refractivity contribution in [1.82, 2.24) is 4.90 Å². The van der Waals surface area contributed by atoms with Crippen LogP contribution in [0, 0.1) is 0 Å². The number of aromatic hydroxyl groups is 1. The van der Waals surface area contributed by atoms with E-state index in [0.717, 1.165) is 23.4 Å². The number of carboxylic acids is 1. The zero-order valence-electron chi connectivity index (χ0n) is 13.5. The lowest BCUT2D eigenvalue weighted by Crippen LogP contribution is -2.23. The van der Waals surface area contributed by atoms with Crippen LogP contribution in [0.3, 0.4) is 0 Å². The van der Waals surface area contributed by atoms with E-state index >= 15 is 0 Å². The molecule has 1 fully saturated rings. The number of phenols is 1. The Labute approximate surface area is 158 Å². The molecule has 0 aliphatic carbocycles. The number of benzene rings is 2. The Bertz CT molecular complexity index is 971. The summed E-state index contributed by atoms with van der Waals surface area (Å²) in [6.45, 7) is 0. The van der Waals surface area contributed by atoms with Gasteiger partial charge in [0.15, 0.2) is 5.17 Å². The van der Waals surface area contributed by atoms with Crippen LogP contribution in [0.4, 0.5) is 5.69 Å². The van der Waals surface area contributed by atoms with Gasteiger partial charge in [-0.2, -0.15) is 0 Å². The van der Waals surface area contributed by atoms with Crippen LogP contribution in [-0.4, -0.2) is 39.2 Å². The fourth-order valence-electron chi connectivity index (χ4n) is 2.30. The molecule has 0 unspecified atom stereocenters. The minimum atomic E-state index is -1.22. The second kappa shape index (κ2) is 7.23. The molecule has 6 nitrogen and oxygen atoms in total. The van der Waals surface area contributed by atoms with Crippen LogP contribution in [0.5, 0.6) is 5.75 Å². The zero-order valence-corrected chi connectivity index (χ0v) is 15.1. The van der Waals surface area contributed by atoms with Crippen LogP contribution >= 0.6 is 23.4 Å². The van der Waals surface area contributed by atoms with Crippen molar-refractivity contribution in [2.24, 2.45) is 4.99 Å². The predicted molar refractivity (Wildman–Crippen MR) is 102 cm³/mol. The average molecular weight is 389 g/mol. The Morgan fingerprint density at radius 1 is 1.27 bits per heavy atom. The molecule has 1 heterocycles. The monoisotopic (exact) mass is 388 g/mol. The minimum absolute atomic E-state index is 0.147. The maximum Gasteiger partial charge on any atom is 0.338 e. The molecule has 0 atom stereocenters. The van der Waals surface area contributed by atoms with E-state index in [9.17, 15) is 19.8 Å². The first kappa shape index (κ1) is 18.0. The molecule has 1 amide bonds. The molecular formula is C18H13ClN2O4S. The van der Waals surface area contributed by atoms with E-state index in [-0.39, 0.29) is 22.9 Å². The normalized spacial score (nSPS) is 17.3. The van der Waals surface area contributed by atoms with Crippen molar-refractivity contribution in [3.8, 4) is 5.75 Å². The van der Waals surface area contributed by atoms with Gasteiger partial charge in [-0.3, -0.25) is 9.69 Å². The molecule has 1 saturated heterocycles. The second-order valence-corrected chi connectivity index (χ2v) is 6.88. The number of rotatable bonds is 3. The lowest BCUT2D eigenvalue weighted by molar-refractivity contribution is -0.121. The van der Waals surface area contributed by atoms with Crippen LogP contribution in [0.25, 0.3) is 6.08 Å². The maximum absolute atomic E-state index is 12.4. The molecule has 2 N–H and O–H groups in total. The second-order valence-electron chi connectivity index (χ2n) is 5.43. The molecule has 0 saturated carbocycles. The fraction of sp³-hybridized carbons (Fsp3) is 0.0556. The van der Waals surface area contributed by atoms with E-state index in [4.69, 9.17) is 11.6 Å². The Morgan fingerprint density at radius 3 is 2.73 bits per heavy atom. The Morgan fingerprint density at radius 2 is 2.04 bits per heavy atom. The van der Waals surface area contributed by atoms with Crippen molar-refractivity contribution in [2.75, 3.05) is 7.05 Å². The molecule has 1 aliphatic heterocycles. The number of amides is 1. The lowest BCUT2D eigenvalue weighted by Gasteiger charge is -2.08. The number of hydrogen-bond acceptors (Lipinski definition) is 5. The maximum atomic E-state index is 12.4. The van der Waals surface area contributed by atoms with Gasteiger partial charge in [0.1, 0.15) is 5.75 Å². The number of phenolic OH excluding ortho intramolecular Hbond substituents is 1. The number of carbonyl (C=O) groups excluding carboxylic acids is 1. The van der Waals surface area contributed by atoms with E-state index in [1.165, 1.54) is 17.0 Å². The average Bonchev–Trinajstić information content (AvgIpc) is 2.84. The third-order valence-corrected chi connectivity index (χ3v) is 4.87. The summed E-state index contributed by atoms with van der Waals surface area (Å²) in [4.78, 5) is 29.9. The number of halogens is 1. The standard InChI is InChI=1S/C18H13ClN2O4S/c1-21-16(23)15(8-10-3-2-4-11(19)7-10)26-18(21)20-14-6-5-12(22)9-13(14)17(24)25/h2-9,22H,1H3,(H,24,25)/b15-8-,20-18?. The smallest absolute Gasteiger partial charge is 0.338 e. The minimum Gasteiger partial charge on any atom is -0.508 e. The first-order valence-corrected chi connectivity index (χ1v) is 8.63. The van der Waals surface area contributed by atoms with E-state index in [1.807, 2.05) is 6.07 Å². The van der Waals surface area contributed by atoms with Gasteiger partial charge in [-0.05, 0) is 53.7 Å². The summed E-state index contributed by atoms with van der Waals surface area (Å²) in [5.41, 5.74) is 0.784. The Kier molecular flexibility index (Phi) is 5.01. The molecular weight excluding hydrogens is 376 g/mol. The highest BCUT2D eigenvalue weighted by Gasteiger charge is 2.30. The van der Waals surface area contributed by atoms with Gasteiger partial charge in [0.25, 0.3) is 5.91 Å². The number of carbonyl (C=O) groups is 2. The molecule has 0 spiro atoms. The van der Waals surface area contributed by atoms with E-state index in [1.54, 1.807) is 31.3 Å². The third-order valence-electron chi connectivity index (χ3n) is 3.58. The highest BCUT2D eigenvalue weighted by Crippen LogP contribution is 2.34. The molecule has 2 aromatic rings. The summed E-state index contributed by atoms with van der Waals surface area (Å²) >= 11 is 7.10. The van der Waals surface area contributed by atoms with E-state index < -0.39 is 5.97 Å². The number of carboxylic acid groups (broad SMARTS) is 1. The molecule has 26 heavy (non-hydrogen) atoms. The number of thioether (sulfide) groups is 1. The first-order valence-electron chi connectivity index (χ1n) is 7.43. The quantitative estimate of drug-likeness (QED) is 0.776. The number of nitrogens with zero attached hydrogens (tertiary/aromatic N) is 2. The van der Waals surface area contributed by atoms with Gasteiger partial charge in [-0.25, -0.2) is 9.79 Å². The summed E-state index contributed by atoms with van der Waals surface area (Å²) in [6, 6.07) is 10.9. The molecule has 3 rings (SSSR count).